The normalized spacial score (nSPS) is 12.7. The Morgan fingerprint density at radius 1 is 1.27 bits per heavy atom. The van der Waals surface area contributed by atoms with Gasteiger partial charge in [0.1, 0.15) is 0 Å². The van der Waals surface area contributed by atoms with Crippen molar-refractivity contribution in [2.24, 2.45) is 5.92 Å². The minimum absolute atomic E-state index is 0.00436. The van der Waals surface area contributed by atoms with Gasteiger partial charge in [0.05, 0.1) is 6.10 Å². The number of aryl methyl sites for hydroxylation is 1. The number of hydrogen-bond donors (Lipinski definition) is 3. The molecule has 4 nitrogen and oxygen atoms in total. The predicted molar refractivity (Wildman–Crippen MR) is 89.7 cm³/mol. The van der Waals surface area contributed by atoms with Crippen molar-refractivity contribution in [1.29, 1.82) is 0 Å². The van der Waals surface area contributed by atoms with Crippen LogP contribution in [0, 0.1) is 5.92 Å². The first-order chi connectivity index (χ1) is 10.7. The monoisotopic (exact) mass is 302 g/mol. The molecule has 3 N–H and O–H groups in total. The highest BCUT2D eigenvalue weighted by atomic mass is 16.3. The molecule has 4 heteroatoms. The lowest BCUT2D eigenvalue weighted by atomic mass is 9.96. The van der Waals surface area contributed by atoms with Crippen LogP contribution in [0.5, 0.6) is 0 Å². The molecule has 0 aliphatic carbocycles. The van der Waals surface area contributed by atoms with E-state index in [0.717, 1.165) is 23.9 Å². The summed E-state index contributed by atoms with van der Waals surface area (Å²) in [5, 5.41) is 14.0. The van der Waals surface area contributed by atoms with Gasteiger partial charge in [0.15, 0.2) is 0 Å². The number of aromatic nitrogens is 1. The average Bonchev–Trinajstić information content (AvgIpc) is 2.95. The first-order valence-electron chi connectivity index (χ1n) is 8.15. The Labute approximate surface area is 131 Å². The number of amides is 1. The Hall–Kier alpha value is -1.81. The predicted octanol–water partition coefficient (Wildman–Crippen LogP) is 3.01. The fourth-order valence-electron chi connectivity index (χ4n) is 2.89. The summed E-state index contributed by atoms with van der Waals surface area (Å²) in [6.07, 6.45) is 4.53. The van der Waals surface area contributed by atoms with Gasteiger partial charge < -0.3 is 15.4 Å². The second kappa shape index (κ2) is 7.99. The lowest BCUT2D eigenvalue weighted by Crippen LogP contribution is -2.36. The van der Waals surface area contributed by atoms with Gasteiger partial charge in [0.25, 0.3) is 0 Å². The molecule has 2 aromatic rings. The molecular weight excluding hydrogens is 276 g/mol. The molecule has 22 heavy (non-hydrogen) atoms. The standard InChI is InChI=1S/C18H26N2O2/c1-3-13(4-2)17(21)12-20-18(22)10-9-14-11-19-16-8-6-5-7-15(14)16/h5-8,11,13,17,19,21H,3-4,9-10,12H2,1-2H3,(H,20,22). The minimum Gasteiger partial charge on any atom is -0.391 e. The smallest absolute Gasteiger partial charge is 0.220 e. The van der Waals surface area contributed by atoms with Crippen molar-refractivity contribution >= 4 is 16.8 Å². The van der Waals surface area contributed by atoms with Gasteiger partial charge in [-0.3, -0.25) is 4.79 Å². The largest absolute Gasteiger partial charge is 0.391 e. The molecule has 1 aromatic carbocycles. The lowest BCUT2D eigenvalue weighted by molar-refractivity contribution is -0.121. The van der Waals surface area contributed by atoms with E-state index in [0.29, 0.717) is 19.4 Å². The van der Waals surface area contributed by atoms with Crippen LogP contribution in [0.25, 0.3) is 10.9 Å². The van der Waals surface area contributed by atoms with E-state index in [1.807, 2.05) is 24.4 Å². The maximum Gasteiger partial charge on any atom is 0.220 e. The van der Waals surface area contributed by atoms with Gasteiger partial charge in [-0.1, -0.05) is 44.9 Å². The summed E-state index contributed by atoms with van der Waals surface area (Å²) in [6.45, 7) is 4.48. The van der Waals surface area contributed by atoms with Crippen LogP contribution in [-0.4, -0.2) is 28.6 Å². The summed E-state index contributed by atoms with van der Waals surface area (Å²) >= 11 is 0. The number of aliphatic hydroxyl groups excluding tert-OH is 1. The van der Waals surface area contributed by atoms with Gasteiger partial charge in [-0.05, 0) is 24.0 Å². The number of H-pyrrole nitrogens is 1. The molecule has 1 unspecified atom stereocenters. The first-order valence-corrected chi connectivity index (χ1v) is 8.15. The molecule has 1 amide bonds. The van der Waals surface area contributed by atoms with Crippen LogP contribution in [0.15, 0.2) is 30.5 Å². The van der Waals surface area contributed by atoms with Gasteiger partial charge >= 0.3 is 0 Å². The number of aromatic amines is 1. The minimum atomic E-state index is -0.452. The molecule has 0 aliphatic heterocycles. The summed E-state index contributed by atoms with van der Waals surface area (Å²) in [5.41, 5.74) is 2.26. The molecule has 0 radical (unpaired) electrons. The van der Waals surface area contributed by atoms with E-state index in [1.54, 1.807) is 0 Å². The molecule has 2 rings (SSSR count). The van der Waals surface area contributed by atoms with E-state index in [4.69, 9.17) is 0 Å². The SMILES string of the molecule is CCC(CC)C(O)CNC(=O)CCc1c[nH]c2ccccc12. The van der Waals surface area contributed by atoms with Crippen molar-refractivity contribution < 1.29 is 9.90 Å². The molecule has 0 aliphatic rings. The van der Waals surface area contributed by atoms with Crippen LogP contribution in [0.2, 0.25) is 0 Å². The average molecular weight is 302 g/mol. The third-order valence-corrected chi connectivity index (χ3v) is 4.40. The van der Waals surface area contributed by atoms with E-state index < -0.39 is 6.10 Å². The second-order valence-corrected chi connectivity index (χ2v) is 5.81. The molecule has 1 aromatic heterocycles. The van der Waals surface area contributed by atoms with Crippen LogP contribution in [0.4, 0.5) is 0 Å². The Balaban J connectivity index is 1.80. The van der Waals surface area contributed by atoms with Crippen LogP contribution >= 0.6 is 0 Å². The number of aliphatic hydroxyl groups is 1. The van der Waals surface area contributed by atoms with Crippen molar-refractivity contribution in [3.63, 3.8) is 0 Å². The molecule has 120 valence electrons. The highest BCUT2D eigenvalue weighted by molar-refractivity contribution is 5.84. The van der Waals surface area contributed by atoms with Crippen LogP contribution in [0.1, 0.15) is 38.7 Å². The summed E-state index contributed by atoms with van der Waals surface area (Å²) in [5.74, 6) is 0.254. The Kier molecular flexibility index (Phi) is 6.01. The van der Waals surface area contributed by atoms with E-state index in [-0.39, 0.29) is 11.8 Å². The van der Waals surface area contributed by atoms with Crippen molar-refractivity contribution in [3.8, 4) is 0 Å². The number of benzene rings is 1. The summed E-state index contributed by atoms with van der Waals surface area (Å²) in [7, 11) is 0. The third kappa shape index (κ3) is 4.10. The summed E-state index contributed by atoms with van der Waals surface area (Å²) in [4.78, 5) is 15.2. The van der Waals surface area contributed by atoms with Crippen molar-refractivity contribution in [3.05, 3.63) is 36.0 Å². The highest BCUT2D eigenvalue weighted by Gasteiger charge is 2.16. The fourth-order valence-corrected chi connectivity index (χ4v) is 2.89. The zero-order valence-corrected chi connectivity index (χ0v) is 13.4. The number of fused-ring (bicyclic) bond motifs is 1. The van der Waals surface area contributed by atoms with Gasteiger partial charge in [-0.2, -0.15) is 0 Å². The molecule has 0 spiro atoms. The Morgan fingerprint density at radius 3 is 2.73 bits per heavy atom. The van der Waals surface area contributed by atoms with Crippen molar-refractivity contribution in [2.75, 3.05) is 6.54 Å². The maximum absolute atomic E-state index is 11.9. The fraction of sp³-hybridized carbons (Fsp3) is 0.500. The zero-order chi connectivity index (χ0) is 15.9. The molecule has 0 bridgehead atoms. The zero-order valence-electron chi connectivity index (χ0n) is 13.4. The number of carbonyl (C=O) groups is 1. The van der Waals surface area contributed by atoms with E-state index >= 15 is 0 Å². The second-order valence-electron chi connectivity index (χ2n) is 5.81. The van der Waals surface area contributed by atoms with Crippen molar-refractivity contribution in [1.82, 2.24) is 10.3 Å². The Morgan fingerprint density at radius 2 is 2.00 bits per heavy atom. The summed E-state index contributed by atoms with van der Waals surface area (Å²) in [6, 6.07) is 8.10. The number of para-hydroxylation sites is 1. The van der Waals surface area contributed by atoms with Crippen LogP contribution < -0.4 is 5.32 Å². The Bertz CT molecular complexity index is 602. The molecule has 0 saturated heterocycles. The maximum atomic E-state index is 11.9. The first kappa shape index (κ1) is 16.6. The summed E-state index contributed by atoms with van der Waals surface area (Å²) < 4.78 is 0. The molecular formula is C18H26N2O2. The molecule has 1 heterocycles. The molecule has 1 atom stereocenters. The van der Waals surface area contributed by atoms with Crippen LogP contribution in [-0.2, 0) is 11.2 Å². The lowest BCUT2D eigenvalue weighted by Gasteiger charge is -2.20. The topological polar surface area (TPSA) is 65.1 Å². The highest BCUT2D eigenvalue weighted by Crippen LogP contribution is 2.19. The van der Waals surface area contributed by atoms with Gasteiger partial charge in [0, 0.05) is 30.1 Å². The quantitative estimate of drug-likeness (QED) is 0.702. The van der Waals surface area contributed by atoms with Crippen molar-refractivity contribution in [2.45, 2.75) is 45.6 Å². The third-order valence-electron chi connectivity index (χ3n) is 4.40. The number of nitrogens with one attached hydrogen (secondary N) is 2. The van der Waals surface area contributed by atoms with Gasteiger partial charge in [-0.25, -0.2) is 0 Å². The van der Waals surface area contributed by atoms with Gasteiger partial charge in [-0.15, -0.1) is 0 Å². The molecule has 0 fully saturated rings. The van der Waals surface area contributed by atoms with Crippen LogP contribution in [0.3, 0.4) is 0 Å². The number of rotatable bonds is 8. The van der Waals surface area contributed by atoms with Gasteiger partial charge in [0.2, 0.25) is 5.91 Å². The van der Waals surface area contributed by atoms with E-state index in [9.17, 15) is 9.90 Å². The van der Waals surface area contributed by atoms with E-state index in [2.05, 4.69) is 30.2 Å². The van der Waals surface area contributed by atoms with E-state index in [1.165, 1.54) is 5.39 Å². The number of carbonyl (C=O) groups excluding carboxylic acids is 1. The molecule has 0 saturated carbocycles. The number of hydrogen-bond acceptors (Lipinski definition) is 2.